The highest BCUT2D eigenvalue weighted by molar-refractivity contribution is 5.76. The van der Waals surface area contributed by atoms with Gasteiger partial charge in [-0.15, -0.1) is 0 Å². The molecule has 1 aliphatic heterocycles. The van der Waals surface area contributed by atoms with Crippen molar-refractivity contribution in [1.29, 1.82) is 0 Å². The van der Waals surface area contributed by atoms with E-state index in [0.29, 0.717) is 19.0 Å². The summed E-state index contributed by atoms with van der Waals surface area (Å²) in [5.41, 5.74) is 1.16. The average Bonchev–Trinajstić information content (AvgIpc) is 3.24. The van der Waals surface area contributed by atoms with Gasteiger partial charge in [-0.25, -0.2) is 4.98 Å². The highest BCUT2D eigenvalue weighted by Gasteiger charge is 2.22. The molecule has 1 saturated heterocycles. The lowest BCUT2D eigenvalue weighted by Gasteiger charge is -2.25. The lowest BCUT2D eigenvalue weighted by Crippen LogP contribution is -2.36. The highest BCUT2D eigenvalue weighted by atomic mass is 16.2. The van der Waals surface area contributed by atoms with Crippen LogP contribution in [0.5, 0.6) is 0 Å². The molecule has 7 heteroatoms. The molecule has 2 aromatic rings. The molecule has 3 rings (SSSR count). The minimum Gasteiger partial charge on any atom is -0.337 e. The van der Waals surface area contributed by atoms with Crippen LogP contribution < -0.4 is 5.32 Å². The van der Waals surface area contributed by atoms with E-state index in [0.717, 1.165) is 44.0 Å². The first kappa shape index (κ1) is 17.7. The summed E-state index contributed by atoms with van der Waals surface area (Å²) in [7, 11) is 1.96. The quantitative estimate of drug-likeness (QED) is 0.827. The van der Waals surface area contributed by atoms with Gasteiger partial charge in [0, 0.05) is 50.3 Å². The summed E-state index contributed by atoms with van der Waals surface area (Å²) in [6.45, 7) is 5.70. The monoisotopic (exact) mass is 344 g/mol. The summed E-state index contributed by atoms with van der Waals surface area (Å²) < 4.78 is 3.84. The molecule has 0 bridgehead atoms. The minimum absolute atomic E-state index is 0.0959. The number of imidazole rings is 1. The maximum Gasteiger partial charge on any atom is 0.244 e. The topological polar surface area (TPSA) is 68.0 Å². The largest absolute Gasteiger partial charge is 0.337 e. The Kier molecular flexibility index (Phi) is 5.86. The van der Waals surface area contributed by atoms with Crippen LogP contribution in [0.3, 0.4) is 0 Å². The highest BCUT2D eigenvalue weighted by Crippen LogP contribution is 2.23. The summed E-state index contributed by atoms with van der Waals surface area (Å²) in [6.07, 6.45) is 8.73. The van der Waals surface area contributed by atoms with Gasteiger partial charge in [0.25, 0.3) is 0 Å². The van der Waals surface area contributed by atoms with Crippen LogP contribution in [0.25, 0.3) is 0 Å². The van der Waals surface area contributed by atoms with E-state index in [1.165, 1.54) is 6.42 Å². The smallest absolute Gasteiger partial charge is 0.244 e. The Balaban J connectivity index is 1.69. The fourth-order valence-electron chi connectivity index (χ4n) is 3.44. The molecule has 3 heterocycles. The lowest BCUT2D eigenvalue weighted by atomic mass is 9.96. The van der Waals surface area contributed by atoms with Crippen molar-refractivity contribution in [3.05, 3.63) is 36.2 Å². The maximum absolute atomic E-state index is 12.9. The molecule has 25 heavy (non-hydrogen) atoms. The SMILES string of the molecule is CCCN(Cc1nccn1C)C(=O)Cn1nccc1[C@@H]1CCCNC1. The molecule has 0 aromatic carbocycles. The second-order valence-electron chi connectivity index (χ2n) is 6.73. The van der Waals surface area contributed by atoms with Crippen LogP contribution in [-0.2, 0) is 24.9 Å². The van der Waals surface area contributed by atoms with E-state index in [1.54, 1.807) is 12.4 Å². The third-order valence-electron chi connectivity index (χ3n) is 4.85. The molecule has 0 aliphatic carbocycles. The molecular weight excluding hydrogens is 316 g/mol. The molecular formula is C18H28N6O. The van der Waals surface area contributed by atoms with Gasteiger partial charge in [-0.3, -0.25) is 9.48 Å². The number of rotatable bonds is 7. The minimum atomic E-state index is 0.0959. The van der Waals surface area contributed by atoms with Gasteiger partial charge in [0.05, 0.1) is 6.54 Å². The normalized spacial score (nSPS) is 17.6. The second-order valence-corrected chi connectivity index (χ2v) is 6.73. The zero-order valence-corrected chi connectivity index (χ0v) is 15.2. The van der Waals surface area contributed by atoms with Crippen LogP contribution in [0.2, 0.25) is 0 Å². The molecule has 1 amide bonds. The molecule has 0 spiro atoms. The number of nitrogens with one attached hydrogen (secondary N) is 1. The van der Waals surface area contributed by atoms with E-state index in [9.17, 15) is 4.79 Å². The fourth-order valence-corrected chi connectivity index (χ4v) is 3.44. The molecule has 1 fully saturated rings. The molecule has 1 aliphatic rings. The van der Waals surface area contributed by atoms with Crippen LogP contribution >= 0.6 is 0 Å². The van der Waals surface area contributed by atoms with E-state index >= 15 is 0 Å². The Morgan fingerprint density at radius 2 is 2.32 bits per heavy atom. The van der Waals surface area contributed by atoms with E-state index < -0.39 is 0 Å². The third kappa shape index (κ3) is 4.28. The molecule has 7 nitrogen and oxygen atoms in total. The Hall–Kier alpha value is -2.15. The first-order chi connectivity index (χ1) is 12.2. The zero-order valence-electron chi connectivity index (χ0n) is 15.2. The molecule has 136 valence electrons. The molecule has 0 radical (unpaired) electrons. The molecule has 0 unspecified atom stereocenters. The summed E-state index contributed by atoms with van der Waals surface area (Å²) in [5.74, 6) is 1.44. The number of carbonyl (C=O) groups excluding carboxylic acids is 1. The van der Waals surface area contributed by atoms with Crippen molar-refractivity contribution in [3.8, 4) is 0 Å². The number of hydrogen-bond donors (Lipinski definition) is 1. The van der Waals surface area contributed by atoms with Crippen LogP contribution in [0, 0.1) is 0 Å². The van der Waals surface area contributed by atoms with Gasteiger partial charge in [-0.05, 0) is 31.9 Å². The lowest BCUT2D eigenvalue weighted by molar-refractivity contribution is -0.132. The van der Waals surface area contributed by atoms with Crippen molar-refractivity contribution in [2.45, 2.75) is 45.2 Å². The third-order valence-corrected chi connectivity index (χ3v) is 4.85. The molecule has 1 N–H and O–H groups in total. The number of amides is 1. The van der Waals surface area contributed by atoms with E-state index in [-0.39, 0.29) is 5.91 Å². The standard InChI is InChI=1S/C18H28N6O/c1-3-10-23(13-17-20-9-11-22(17)2)18(25)14-24-16(6-8-21-24)15-5-4-7-19-12-15/h6,8-9,11,15,19H,3-5,7,10,12-14H2,1-2H3/t15-/m1/s1. The number of aryl methyl sites for hydroxylation is 1. The van der Waals surface area contributed by atoms with Gasteiger partial charge in [0.15, 0.2) is 0 Å². The van der Waals surface area contributed by atoms with Gasteiger partial charge in [0.1, 0.15) is 12.4 Å². The van der Waals surface area contributed by atoms with Crippen molar-refractivity contribution in [2.24, 2.45) is 7.05 Å². The summed E-state index contributed by atoms with van der Waals surface area (Å²) in [5, 5.41) is 7.84. The second kappa shape index (κ2) is 8.29. The van der Waals surface area contributed by atoms with Crippen molar-refractivity contribution in [3.63, 3.8) is 0 Å². The first-order valence-electron chi connectivity index (χ1n) is 9.15. The summed E-state index contributed by atoms with van der Waals surface area (Å²) in [6, 6.07) is 2.05. The number of hydrogen-bond acceptors (Lipinski definition) is 4. The summed E-state index contributed by atoms with van der Waals surface area (Å²) >= 11 is 0. The van der Waals surface area contributed by atoms with Gasteiger partial charge in [-0.1, -0.05) is 6.92 Å². The Labute approximate surface area is 149 Å². The number of nitrogens with zero attached hydrogens (tertiary/aromatic N) is 5. The first-order valence-corrected chi connectivity index (χ1v) is 9.15. The van der Waals surface area contributed by atoms with Crippen molar-refractivity contribution >= 4 is 5.91 Å². The molecule has 2 aromatic heterocycles. The van der Waals surface area contributed by atoms with Gasteiger partial charge in [-0.2, -0.15) is 5.10 Å². The van der Waals surface area contributed by atoms with Gasteiger partial charge >= 0.3 is 0 Å². The van der Waals surface area contributed by atoms with Crippen molar-refractivity contribution < 1.29 is 4.79 Å². The average molecular weight is 344 g/mol. The predicted octanol–water partition coefficient (Wildman–Crippen LogP) is 1.52. The zero-order chi connectivity index (χ0) is 17.6. The maximum atomic E-state index is 12.9. The van der Waals surface area contributed by atoms with Crippen LogP contribution in [-0.4, -0.2) is 49.8 Å². The van der Waals surface area contributed by atoms with E-state index in [4.69, 9.17) is 0 Å². The van der Waals surface area contributed by atoms with Crippen molar-refractivity contribution in [1.82, 2.24) is 29.5 Å². The number of aromatic nitrogens is 4. The number of piperidine rings is 1. The molecule has 0 saturated carbocycles. The molecule has 1 atom stereocenters. The Morgan fingerprint density at radius 1 is 1.44 bits per heavy atom. The van der Waals surface area contributed by atoms with E-state index in [2.05, 4.69) is 22.3 Å². The van der Waals surface area contributed by atoms with Crippen LogP contribution in [0.4, 0.5) is 0 Å². The van der Waals surface area contributed by atoms with E-state index in [1.807, 2.05) is 33.5 Å². The van der Waals surface area contributed by atoms with Gasteiger partial charge in [0.2, 0.25) is 5.91 Å². The fraction of sp³-hybridized carbons (Fsp3) is 0.611. The number of carbonyl (C=O) groups is 1. The van der Waals surface area contributed by atoms with Crippen molar-refractivity contribution in [2.75, 3.05) is 19.6 Å². The Bertz CT molecular complexity index is 685. The summed E-state index contributed by atoms with van der Waals surface area (Å²) in [4.78, 5) is 19.1. The Morgan fingerprint density at radius 3 is 3.00 bits per heavy atom. The van der Waals surface area contributed by atoms with Crippen LogP contribution in [0.1, 0.15) is 43.6 Å². The van der Waals surface area contributed by atoms with Gasteiger partial charge < -0.3 is 14.8 Å². The van der Waals surface area contributed by atoms with Crippen LogP contribution in [0.15, 0.2) is 24.7 Å². The predicted molar refractivity (Wildman–Crippen MR) is 96.0 cm³/mol.